The molecule has 1 N–H and O–H groups in total. The largest absolute Gasteiger partial charge is 0.463 e. The van der Waals surface area contributed by atoms with Crippen molar-refractivity contribution in [3.05, 3.63) is 43.2 Å². The summed E-state index contributed by atoms with van der Waals surface area (Å²) in [7, 11) is 0. The molecule has 1 fully saturated rings. The number of furan rings is 1. The van der Waals surface area contributed by atoms with Crippen molar-refractivity contribution in [1.82, 2.24) is 19.9 Å². The van der Waals surface area contributed by atoms with Crippen LogP contribution in [0.2, 0.25) is 0 Å². The van der Waals surface area contributed by atoms with Gasteiger partial charge in [-0.15, -0.1) is 0 Å². The van der Waals surface area contributed by atoms with Crippen molar-refractivity contribution in [3.8, 4) is 22.7 Å². The fourth-order valence-corrected chi connectivity index (χ4v) is 2.93. The van der Waals surface area contributed by atoms with E-state index < -0.39 is 0 Å². The van der Waals surface area contributed by atoms with Crippen molar-refractivity contribution in [3.63, 3.8) is 0 Å². The third kappa shape index (κ3) is 2.92. The summed E-state index contributed by atoms with van der Waals surface area (Å²) in [6, 6.07) is 4.20. The molecule has 1 saturated carbocycles. The van der Waals surface area contributed by atoms with Gasteiger partial charge in [-0.25, -0.2) is 9.97 Å². The first-order chi connectivity index (χ1) is 11.4. The molecule has 0 aromatic carbocycles. The maximum atomic E-state index is 5.54. The summed E-state index contributed by atoms with van der Waals surface area (Å²) in [5, 5.41) is 3.42. The first-order valence-electron chi connectivity index (χ1n) is 7.84. The summed E-state index contributed by atoms with van der Waals surface area (Å²) in [6.45, 7) is 0. The van der Waals surface area contributed by atoms with E-state index in [4.69, 9.17) is 4.42 Å². The average molecular weight is 307 g/mol. The molecule has 116 valence electrons. The second-order valence-electron chi connectivity index (χ2n) is 5.65. The van der Waals surface area contributed by atoms with Crippen LogP contribution in [0.4, 0.5) is 5.95 Å². The first-order valence-corrected chi connectivity index (χ1v) is 7.84. The molecular formula is C17H17N5O. The number of nitrogens with one attached hydrogen (secondary N) is 1. The number of hydrogen-bond donors (Lipinski definition) is 1. The molecule has 0 unspecified atom stereocenters. The molecule has 0 bridgehead atoms. The van der Waals surface area contributed by atoms with Crippen molar-refractivity contribution in [1.29, 1.82) is 0 Å². The van der Waals surface area contributed by atoms with E-state index in [1.807, 2.05) is 12.1 Å². The van der Waals surface area contributed by atoms with Crippen LogP contribution in [0.15, 0.2) is 47.6 Å². The maximum Gasteiger partial charge on any atom is 0.223 e. The Labute approximate surface area is 134 Å². The van der Waals surface area contributed by atoms with Crippen LogP contribution in [-0.2, 0) is 0 Å². The van der Waals surface area contributed by atoms with Crippen molar-refractivity contribution < 1.29 is 4.42 Å². The van der Waals surface area contributed by atoms with E-state index in [1.54, 1.807) is 31.1 Å². The fraction of sp³-hybridized carbons (Fsp3) is 0.294. The molecule has 0 atom stereocenters. The molecule has 23 heavy (non-hydrogen) atoms. The molecule has 0 aliphatic heterocycles. The lowest BCUT2D eigenvalue weighted by Gasteiger charge is -2.13. The van der Waals surface area contributed by atoms with Gasteiger partial charge >= 0.3 is 0 Å². The van der Waals surface area contributed by atoms with Crippen LogP contribution < -0.4 is 5.32 Å². The van der Waals surface area contributed by atoms with Crippen LogP contribution >= 0.6 is 0 Å². The topological polar surface area (TPSA) is 76.7 Å². The van der Waals surface area contributed by atoms with E-state index in [-0.39, 0.29) is 0 Å². The quantitative estimate of drug-likeness (QED) is 0.794. The summed E-state index contributed by atoms with van der Waals surface area (Å²) in [5.74, 6) is 1.33. The standard InChI is InChI=1S/C17H17N5O/c1-2-5-12(4-1)21-17-20-10-13(14-11-18-7-8-19-14)16(22-17)15-6-3-9-23-15/h3,6-12H,1-2,4-5H2,(H,20,21,22). The zero-order chi connectivity index (χ0) is 15.5. The highest BCUT2D eigenvalue weighted by Gasteiger charge is 2.18. The van der Waals surface area contributed by atoms with E-state index in [2.05, 4.69) is 25.3 Å². The normalized spacial score (nSPS) is 15.0. The third-order valence-corrected chi connectivity index (χ3v) is 4.07. The van der Waals surface area contributed by atoms with Crippen molar-refractivity contribution in [2.24, 2.45) is 0 Å². The van der Waals surface area contributed by atoms with E-state index in [0.717, 1.165) is 17.0 Å². The highest BCUT2D eigenvalue weighted by atomic mass is 16.3. The number of anilines is 1. The lowest BCUT2D eigenvalue weighted by atomic mass is 10.1. The van der Waals surface area contributed by atoms with E-state index in [1.165, 1.54) is 25.7 Å². The molecule has 3 aromatic heterocycles. The average Bonchev–Trinajstić information content (AvgIpc) is 3.29. The van der Waals surface area contributed by atoms with Gasteiger partial charge in [-0.2, -0.15) is 0 Å². The summed E-state index contributed by atoms with van der Waals surface area (Å²) in [5.41, 5.74) is 2.27. The van der Waals surface area contributed by atoms with Gasteiger partial charge in [0.1, 0.15) is 5.69 Å². The Morgan fingerprint density at radius 1 is 1.09 bits per heavy atom. The minimum Gasteiger partial charge on any atom is -0.463 e. The van der Waals surface area contributed by atoms with Gasteiger partial charge in [0.25, 0.3) is 0 Å². The molecule has 0 spiro atoms. The third-order valence-electron chi connectivity index (χ3n) is 4.07. The Balaban J connectivity index is 1.74. The highest BCUT2D eigenvalue weighted by Crippen LogP contribution is 2.30. The van der Waals surface area contributed by atoms with Gasteiger partial charge in [-0.1, -0.05) is 12.8 Å². The van der Waals surface area contributed by atoms with Crippen LogP contribution in [0.1, 0.15) is 25.7 Å². The molecule has 0 radical (unpaired) electrons. The number of hydrogen-bond acceptors (Lipinski definition) is 6. The molecule has 4 rings (SSSR count). The first kappa shape index (κ1) is 13.9. The molecule has 1 aliphatic carbocycles. The van der Waals surface area contributed by atoms with Crippen molar-refractivity contribution >= 4 is 5.95 Å². The molecule has 6 nitrogen and oxygen atoms in total. The Bertz CT molecular complexity index is 767. The molecule has 3 heterocycles. The predicted molar refractivity (Wildman–Crippen MR) is 86.6 cm³/mol. The zero-order valence-corrected chi connectivity index (χ0v) is 12.6. The van der Waals surface area contributed by atoms with E-state index in [9.17, 15) is 0 Å². The molecule has 3 aromatic rings. The van der Waals surface area contributed by atoms with Gasteiger partial charge in [-0.05, 0) is 25.0 Å². The monoisotopic (exact) mass is 307 g/mol. The lowest BCUT2D eigenvalue weighted by molar-refractivity contribution is 0.580. The maximum absolute atomic E-state index is 5.54. The van der Waals surface area contributed by atoms with Crippen LogP contribution in [0, 0.1) is 0 Å². The van der Waals surface area contributed by atoms with Crippen molar-refractivity contribution in [2.45, 2.75) is 31.7 Å². The summed E-state index contributed by atoms with van der Waals surface area (Å²) in [6.07, 6.45) is 13.3. The Hall–Kier alpha value is -2.76. The van der Waals surface area contributed by atoms with Crippen LogP contribution in [-0.4, -0.2) is 26.0 Å². The van der Waals surface area contributed by atoms with Gasteiger partial charge in [0.05, 0.1) is 18.2 Å². The van der Waals surface area contributed by atoms with E-state index >= 15 is 0 Å². The van der Waals surface area contributed by atoms with Crippen molar-refractivity contribution in [2.75, 3.05) is 5.32 Å². The molecule has 0 amide bonds. The molecule has 1 aliphatic rings. The number of aromatic nitrogens is 4. The molecular weight excluding hydrogens is 290 g/mol. The second-order valence-corrected chi connectivity index (χ2v) is 5.65. The van der Waals surface area contributed by atoms with Crippen LogP contribution in [0.25, 0.3) is 22.7 Å². The van der Waals surface area contributed by atoms with Gasteiger partial charge < -0.3 is 9.73 Å². The number of rotatable bonds is 4. The summed E-state index contributed by atoms with van der Waals surface area (Å²) < 4.78 is 5.54. The number of nitrogens with zero attached hydrogens (tertiary/aromatic N) is 4. The SMILES string of the molecule is c1coc(-c2nc(NC3CCCC3)ncc2-c2cnccn2)c1. The Morgan fingerprint density at radius 2 is 2.00 bits per heavy atom. The predicted octanol–water partition coefficient (Wildman–Crippen LogP) is 3.55. The fourth-order valence-electron chi connectivity index (χ4n) is 2.93. The Morgan fingerprint density at radius 3 is 2.74 bits per heavy atom. The zero-order valence-electron chi connectivity index (χ0n) is 12.6. The van der Waals surface area contributed by atoms with Gasteiger partial charge in [-0.3, -0.25) is 9.97 Å². The van der Waals surface area contributed by atoms with Crippen LogP contribution in [0.3, 0.4) is 0 Å². The second kappa shape index (κ2) is 6.16. The summed E-state index contributed by atoms with van der Waals surface area (Å²) in [4.78, 5) is 17.6. The molecule has 6 heteroatoms. The van der Waals surface area contributed by atoms with Crippen LogP contribution in [0.5, 0.6) is 0 Å². The minimum atomic E-state index is 0.460. The lowest BCUT2D eigenvalue weighted by Crippen LogP contribution is -2.16. The highest BCUT2D eigenvalue weighted by molar-refractivity contribution is 5.76. The van der Waals surface area contributed by atoms with Gasteiger partial charge in [0, 0.05) is 30.2 Å². The van der Waals surface area contributed by atoms with E-state index in [0.29, 0.717) is 17.8 Å². The smallest absolute Gasteiger partial charge is 0.223 e. The summed E-state index contributed by atoms with van der Waals surface area (Å²) >= 11 is 0. The molecule has 0 saturated heterocycles. The minimum absolute atomic E-state index is 0.460. The van der Waals surface area contributed by atoms with Gasteiger partial charge in [0.15, 0.2) is 5.76 Å². The van der Waals surface area contributed by atoms with Gasteiger partial charge in [0.2, 0.25) is 5.95 Å². The Kier molecular flexibility index (Phi) is 3.71.